The van der Waals surface area contributed by atoms with Crippen LogP contribution in [0.1, 0.15) is 39.0 Å². The highest BCUT2D eigenvalue weighted by molar-refractivity contribution is 7.80. The molecule has 2 radical (unpaired) electrons. The third kappa shape index (κ3) is 2.09. The summed E-state index contributed by atoms with van der Waals surface area (Å²) in [6.07, 6.45) is 5.97. The van der Waals surface area contributed by atoms with Crippen LogP contribution in [0.4, 0.5) is 0 Å². The Kier molecular flexibility index (Phi) is 3.21. The van der Waals surface area contributed by atoms with E-state index in [-0.39, 0.29) is 5.31 Å². The number of fused-ring (bicyclic) bond motifs is 1. The Balaban J connectivity index is 2.21. The molecule has 4 heteroatoms. The highest BCUT2D eigenvalue weighted by atomic mass is 32.1. The number of hydrogen-bond acceptors (Lipinski definition) is 1. The summed E-state index contributed by atoms with van der Waals surface area (Å²) >= 11 is 5.45. The Morgan fingerprint density at radius 1 is 1.25 bits per heavy atom. The van der Waals surface area contributed by atoms with Gasteiger partial charge in [-0.2, -0.15) is 0 Å². The summed E-state index contributed by atoms with van der Waals surface area (Å²) in [5, 5.41) is 0.950. The fraction of sp³-hybridized carbons (Fsp3) is 0.917. The van der Waals surface area contributed by atoms with Crippen LogP contribution in [-0.4, -0.2) is 48.9 Å². The molecule has 88 valence electrons. The van der Waals surface area contributed by atoms with Crippen molar-refractivity contribution in [2.24, 2.45) is 0 Å². The van der Waals surface area contributed by atoms with E-state index in [1.165, 1.54) is 19.3 Å². The van der Waals surface area contributed by atoms with E-state index in [4.69, 9.17) is 20.1 Å². The highest BCUT2D eigenvalue weighted by Gasteiger charge is 2.42. The molecule has 1 heterocycles. The fourth-order valence-corrected chi connectivity index (χ4v) is 3.44. The zero-order valence-corrected chi connectivity index (χ0v) is 11.4. The summed E-state index contributed by atoms with van der Waals surface area (Å²) in [6, 6.07) is 1.08. The van der Waals surface area contributed by atoms with Gasteiger partial charge in [-0.3, -0.25) is 0 Å². The molecule has 1 saturated carbocycles. The van der Waals surface area contributed by atoms with Crippen molar-refractivity contribution in [2.45, 2.75) is 56.4 Å². The summed E-state index contributed by atoms with van der Waals surface area (Å²) in [5.41, 5.74) is 0. The summed E-state index contributed by atoms with van der Waals surface area (Å²) in [5.74, 6) is 0. The first-order valence-corrected chi connectivity index (χ1v) is 6.62. The van der Waals surface area contributed by atoms with Crippen molar-refractivity contribution in [1.82, 2.24) is 9.80 Å². The molecule has 0 aromatic heterocycles. The van der Waals surface area contributed by atoms with Crippen LogP contribution in [0.2, 0.25) is 5.31 Å². The quantitative estimate of drug-likeness (QED) is 0.470. The first-order valence-electron chi connectivity index (χ1n) is 6.21. The van der Waals surface area contributed by atoms with Gasteiger partial charge in [0.05, 0.1) is 19.9 Å². The number of nitrogens with zero attached hydrogens (tertiary/aromatic N) is 2. The minimum atomic E-state index is -0.0294. The lowest BCUT2D eigenvalue weighted by Gasteiger charge is -2.36. The maximum Gasteiger partial charge on any atom is 0.171 e. The minimum absolute atomic E-state index is 0.0294. The highest BCUT2D eigenvalue weighted by Crippen LogP contribution is 2.41. The molecule has 0 amide bonds. The predicted molar refractivity (Wildman–Crippen MR) is 72.9 cm³/mol. The number of thiocarbonyl (C=S) groups is 1. The monoisotopic (exact) mass is 236 g/mol. The van der Waals surface area contributed by atoms with E-state index in [0.717, 1.165) is 18.0 Å². The van der Waals surface area contributed by atoms with Crippen LogP contribution >= 0.6 is 12.2 Å². The van der Waals surface area contributed by atoms with E-state index >= 15 is 0 Å². The lowest BCUT2D eigenvalue weighted by atomic mass is 9.62. The molecule has 0 bridgehead atoms. The van der Waals surface area contributed by atoms with Gasteiger partial charge in [0.2, 0.25) is 0 Å². The molecule has 2 rings (SSSR count). The Morgan fingerprint density at radius 3 is 2.56 bits per heavy atom. The molecule has 1 aliphatic heterocycles. The molecule has 3 unspecified atom stereocenters. The summed E-state index contributed by atoms with van der Waals surface area (Å²) < 4.78 is 0. The van der Waals surface area contributed by atoms with Gasteiger partial charge in [-0.25, -0.2) is 0 Å². The van der Waals surface area contributed by atoms with Crippen LogP contribution in [-0.2, 0) is 0 Å². The first kappa shape index (κ1) is 12.2. The first-order chi connectivity index (χ1) is 7.42. The average molecular weight is 236 g/mol. The molecule has 2 nitrogen and oxygen atoms in total. The van der Waals surface area contributed by atoms with Crippen molar-refractivity contribution in [1.29, 1.82) is 0 Å². The summed E-state index contributed by atoms with van der Waals surface area (Å²) in [4.78, 5) is 4.51. The minimum Gasteiger partial charge on any atom is -0.347 e. The van der Waals surface area contributed by atoms with Crippen molar-refractivity contribution >= 4 is 25.2 Å². The van der Waals surface area contributed by atoms with Crippen molar-refractivity contribution in [3.63, 3.8) is 0 Å². The Bertz CT molecular complexity index is 293. The lowest BCUT2D eigenvalue weighted by Crippen LogP contribution is -2.39. The molecule has 1 aliphatic carbocycles. The lowest BCUT2D eigenvalue weighted by molar-refractivity contribution is 0.229. The second-order valence-electron chi connectivity index (χ2n) is 5.74. The van der Waals surface area contributed by atoms with Gasteiger partial charge < -0.3 is 9.80 Å². The van der Waals surface area contributed by atoms with Crippen LogP contribution in [0.5, 0.6) is 0 Å². The molecule has 0 aromatic carbocycles. The number of rotatable bonds is 0. The normalized spacial score (nSPS) is 40.6. The second-order valence-corrected chi connectivity index (χ2v) is 6.11. The number of likely N-dealkylation sites (N-methyl/N-ethyl adjacent to an activating group) is 2. The van der Waals surface area contributed by atoms with Crippen molar-refractivity contribution in [3.05, 3.63) is 0 Å². The molecule has 2 aliphatic rings. The smallest absolute Gasteiger partial charge is 0.171 e. The van der Waals surface area contributed by atoms with Gasteiger partial charge in [0.1, 0.15) is 0 Å². The van der Waals surface area contributed by atoms with Crippen LogP contribution < -0.4 is 0 Å². The third-order valence-electron chi connectivity index (χ3n) is 4.22. The summed E-state index contributed by atoms with van der Waals surface area (Å²) in [7, 11) is 10.6. The maximum absolute atomic E-state index is 6.37. The Labute approximate surface area is 106 Å². The van der Waals surface area contributed by atoms with E-state index in [2.05, 4.69) is 30.8 Å². The van der Waals surface area contributed by atoms with E-state index in [1.807, 2.05) is 0 Å². The van der Waals surface area contributed by atoms with Crippen molar-refractivity contribution < 1.29 is 0 Å². The molecule has 16 heavy (non-hydrogen) atoms. The molecule has 0 N–H and O–H groups in total. The van der Waals surface area contributed by atoms with Crippen molar-refractivity contribution in [2.75, 3.05) is 14.1 Å². The van der Waals surface area contributed by atoms with Gasteiger partial charge in [-0.15, -0.1) is 0 Å². The van der Waals surface area contributed by atoms with Gasteiger partial charge in [-0.1, -0.05) is 31.5 Å². The van der Waals surface area contributed by atoms with Crippen molar-refractivity contribution in [3.8, 4) is 0 Å². The molecule has 0 aromatic rings. The fourth-order valence-electron chi connectivity index (χ4n) is 3.17. The molecule has 2 fully saturated rings. The topological polar surface area (TPSA) is 6.48 Å². The van der Waals surface area contributed by atoms with Gasteiger partial charge in [0.15, 0.2) is 5.11 Å². The van der Waals surface area contributed by atoms with Crippen LogP contribution in [0.25, 0.3) is 0 Å². The Morgan fingerprint density at radius 2 is 1.88 bits per heavy atom. The average Bonchev–Trinajstić information content (AvgIpc) is 2.37. The molecule has 1 saturated heterocycles. The zero-order chi connectivity index (χ0) is 11.9. The van der Waals surface area contributed by atoms with E-state index < -0.39 is 0 Å². The summed E-state index contributed by atoms with van der Waals surface area (Å²) in [6.45, 7) is 2.19. The van der Waals surface area contributed by atoms with E-state index in [9.17, 15) is 0 Å². The predicted octanol–water partition coefficient (Wildman–Crippen LogP) is 2.20. The van der Waals surface area contributed by atoms with Crippen LogP contribution in [0.15, 0.2) is 0 Å². The molecule has 3 atom stereocenters. The van der Waals surface area contributed by atoms with Gasteiger partial charge in [0, 0.05) is 14.1 Å². The van der Waals surface area contributed by atoms with E-state index in [1.54, 1.807) is 0 Å². The molecular weight excluding hydrogens is 215 g/mol. The van der Waals surface area contributed by atoms with Gasteiger partial charge >= 0.3 is 0 Å². The third-order valence-corrected chi connectivity index (χ3v) is 4.79. The van der Waals surface area contributed by atoms with Gasteiger partial charge in [-0.05, 0) is 25.1 Å². The van der Waals surface area contributed by atoms with Gasteiger partial charge in [0.25, 0.3) is 0 Å². The zero-order valence-electron chi connectivity index (χ0n) is 10.6. The number of hydrogen-bond donors (Lipinski definition) is 0. The molecular formula is C12H21BN2S. The van der Waals surface area contributed by atoms with Crippen LogP contribution in [0.3, 0.4) is 0 Å². The SMILES string of the molecule is [B]C1(C)CCCCC2C(C1)N(C)C(=S)N2C. The standard InChI is InChI=1S/C12H21BN2S/c1-12(13)7-5-4-6-9-10(8-12)15(3)11(16)14(9)2/h9-10H,4-8H2,1-3H3. The maximum atomic E-state index is 6.37. The largest absolute Gasteiger partial charge is 0.347 e. The molecule has 0 spiro atoms. The Hall–Kier alpha value is -0.245. The van der Waals surface area contributed by atoms with E-state index in [0.29, 0.717) is 12.1 Å². The second kappa shape index (κ2) is 4.21. The van der Waals surface area contributed by atoms with Crippen LogP contribution in [0, 0.1) is 0 Å².